The molecule has 0 bridgehead atoms. The van der Waals surface area contributed by atoms with Gasteiger partial charge in [0.25, 0.3) is 5.91 Å². The zero-order valence-electron chi connectivity index (χ0n) is 15.0. The van der Waals surface area contributed by atoms with Gasteiger partial charge in [-0.25, -0.2) is 0 Å². The number of fused-ring (bicyclic) bond motifs is 1. The fraction of sp³-hybridized carbons (Fsp3) is 0.350. The van der Waals surface area contributed by atoms with Gasteiger partial charge in [0, 0.05) is 32.6 Å². The zero-order chi connectivity index (χ0) is 19.2. The van der Waals surface area contributed by atoms with E-state index in [1.165, 1.54) is 0 Å². The van der Waals surface area contributed by atoms with Crippen molar-refractivity contribution in [2.45, 2.75) is 12.8 Å². The lowest BCUT2D eigenvalue weighted by Gasteiger charge is -2.34. The summed E-state index contributed by atoms with van der Waals surface area (Å²) in [5.41, 5.74) is 0. The van der Waals surface area contributed by atoms with Crippen LogP contribution in [0.25, 0.3) is 10.8 Å². The van der Waals surface area contributed by atoms with E-state index in [1.54, 1.807) is 9.80 Å². The van der Waals surface area contributed by atoms with Gasteiger partial charge in [0.1, 0.15) is 5.75 Å². The molecule has 7 heteroatoms. The Kier molecular flexibility index (Phi) is 5.90. The molecule has 0 atom stereocenters. The molecule has 3 rings (SSSR count). The molecule has 0 aromatic heterocycles. The fourth-order valence-electron chi connectivity index (χ4n) is 3.07. The second-order valence-corrected chi connectivity index (χ2v) is 6.45. The standard InChI is InChI=1S/C20H22N2O5/c23-18(7-8-20(25)26)21-9-11-22(12-10-21)19(24)14-27-17-6-5-15-3-1-2-4-16(15)13-17/h1-6,13H,7-12,14H2,(H,25,26). The summed E-state index contributed by atoms with van der Waals surface area (Å²) in [6.45, 7) is 1.64. The maximum atomic E-state index is 12.3. The van der Waals surface area contributed by atoms with E-state index in [9.17, 15) is 14.4 Å². The summed E-state index contributed by atoms with van der Waals surface area (Å²) in [6, 6.07) is 13.6. The molecule has 1 aliphatic heterocycles. The lowest BCUT2D eigenvalue weighted by Crippen LogP contribution is -2.51. The molecule has 1 saturated heterocycles. The van der Waals surface area contributed by atoms with Crippen LogP contribution in [0.15, 0.2) is 42.5 Å². The molecule has 2 amide bonds. The molecule has 2 aromatic rings. The van der Waals surface area contributed by atoms with E-state index in [-0.39, 0.29) is 31.3 Å². The Morgan fingerprint density at radius 1 is 0.852 bits per heavy atom. The van der Waals surface area contributed by atoms with Crippen molar-refractivity contribution in [3.8, 4) is 5.75 Å². The molecular weight excluding hydrogens is 348 g/mol. The number of rotatable bonds is 6. The van der Waals surface area contributed by atoms with Crippen LogP contribution >= 0.6 is 0 Å². The maximum absolute atomic E-state index is 12.3. The molecule has 2 aromatic carbocycles. The summed E-state index contributed by atoms with van der Waals surface area (Å²) >= 11 is 0. The van der Waals surface area contributed by atoms with Gasteiger partial charge in [-0.3, -0.25) is 14.4 Å². The predicted octanol–water partition coefficient (Wildman–Crippen LogP) is 1.75. The Balaban J connectivity index is 1.46. The van der Waals surface area contributed by atoms with Crippen LogP contribution in [0.4, 0.5) is 0 Å². The van der Waals surface area contributed by atoms with Gasteiger partial charge in [0.05, 0.1) is 6.42 Å². The highest BCUT2D eigenvalue weighted by atomic mass is 16.5. The monoisotopic (exact) mass is 370 g/mol. The van der Waals surface area contributed by atoms with Gasteiger partial charge in [-0.2, -0.15) is 0 Å². The van der Waals surface area contributed by atoms with Crippen molar-refractivity contribution >= 4 is 28.6 Å². The number of carboxylic acid groups (broad SMARTS) is 1. The first-order valence-corrected chi connectivity index (χ1v) is 8.92. The molecule has 0 spiro atoms. The largest absolute Gasteiger partial charge is 0.484 e. The molecule has 1 aliphatic rings. The molecule has 27 heavy (non-hydrogen) atoms. The van der Waals surface area contributed by atoms with E-state index >= 15 is 0 Å². The Hall–Kier alpha value is -3.09. The van der Waals surface area contributed by atoms with E-state index < -0.39 is 5.97 Å². The Morgan fingerprint density at radius 3 is 2.15 bits per heavy atom. The number of hydrogen-bond acceptors (Lipinski definition) is 4. The zero-order valence-corrected chi connectivity index (χ0v) is 15.0. The molecule has 0 unspecified atom stereocenters. The summed E-state index contributed by atoms with van der Waals surface area (Å²) in [4.78, 5) is 38.1. The van der Waals surface area contributed by atoms with E-state index in [0.29, 0.717) is 31.9 Å². The van der Waals surface area contributed by atoms with Crippen molar-refractivity contribution < 1.29 is 24.2 Å². The highest BCUT2D eigenvalue weighted by Crippen LogP contribution is 2.20. The molecular formula is C20H22N2O5. The molecule has 0 radical (unpaired) electrons. The van der Waals surface area contributed by atoms with Gasteiger partial charge >= 0.3 is 5.97 Å². The van der Waals surface area contributed by atoms with Crippen LogP contribution in [0.3, 0.4) is 0 Å². The molecule has 7 nitrogen and oxygen atoms in total. The van der Waals surface area contributed by atoms with Crippen LogP contribution in [0.1, 0.15) is 12.8 Å². The molecule has 1 heterocycles. The lowest BCUT2D eigenvalue weighted by molar-refractivity contribution is -0.143. The quantitative estimate of drug-likeness (QED) is 0.837. The van der Waals surface area contributed by atoms with Gasteiger partial charge in [-0.1, -0.05) is 30.3 Å². The third-order valence-corrected chi connectivity index (χ3v) is 4.62. The molecule has 0 aliphatic carbocycles. The SMILES string of the molecule is O=C(O)CCC(=O)N1CCN(C(=O)COc2ccc3ccccc3c2)CC1. The summed E-state index contributed by atoms with van der Waals surface area (Å²) in [6.07, 6.45) is -0.175. The van der Waals surface area contributed by atoms with Crippen molar-refractivity contribution in [3.63, 3.8) is 0 Å². The van der Waals surface area contributed by atoms with Crippen molar-refractivity contribution in [2.75, 3.05) is 32.8 Å². The van der Waals surface area contributed by atoms with Crippen molar-refractivity contribution in [1.82, 2.24) is 9.80 Å². The van der Waals surface area contributed by atoms with Crippen LogP contribution in [0.2, 0.25) is 0 Å². The minimum Gasteiger partial charge on any atom is -0.484 e. The number of amides is 2. The molecule has 0 saturated carbocycles. The van der Waals surface area contributed by atoms with E-state index in [2.05, 4.69) is 0 Å². The summed E-state index contributed by atoms with van der Waals surface area (Å²) in [5.74, 6) is -0.648. The topological polar surface area (TPSA) is 87.2 Å². The number of ether oxygens (including phenoxy) is 1. The summed E-state index contributed by atoms with van der Waals surface area (Å²) < 4.78 is 5.63. The minimum absolute atomic E-state index is 0.00560. The first-order chi connectivity index (χ1) is 13.0. The first-order valence-electron chi connectivity index (χ1n) is 8.92. The number of hydrogen-bond donors (Lipinski definition) is 1. The summed E-state index contributed by atoms with van der Waals surface area (Å²) in [7, 11) is 0. The Morgan fingerprint density at radius 2 is 1.48 bits per heavy atom. The van der Waals surface area contributed by atoms with Crippen molar-refractivity contribution in [2.24, 2.45) is 0 Å². The maximum Gasteiger partial charge on any atom is 0.303 e. The molecule has 1 fully saturated rings. The number of carboxylic acids is 1. The van der Waals surface area contributed by atoms with Crippen LogP contribution < -0.4 is 4.74 Å². The van der Waals surface area contributed by atoms with Gasteiger partial charge in [0.15, 0.2) is 6.61 Å². The number of carbonyl (C=O) groups is 3. The van der Waals surface area contributed by atoms with Gasteiger partial charge < -0.3 is 19.6 Å². The van der Waals surface area contributed by atoms with Gasteiger partial charge in [0.2, 0.25) is 5.91 Å². The molecule has 142 valence electrons. The molecule has 1 N–H and O–H groups in total. The second kappa shape index (κ2) is 8.53. The first kappa shape index (κ1) is 18.7. The number of nitrogens with zero attached hydrogens (tertiary/aromatic N) is 2. The average molecular weight is 370 g/mol. The highest BCUT2D eigenvalue weighted by molar-refractivity contribution is 5.84. The average Bonchev–Trinajstić information content (AvgIpc) is 2.70. The van der Waals surface area contributed by atoms with Crippen LogP contribution in [-0.4, -0.2) is 65.5 Å². The Labute approximate surface area is 157 Å². The van der Waals surface area contributed by atoms with Gasteiger partial charge in [-0.05, 0) is 22.9 Å². The third kappa shape index (κ3) is 4.97. The van der Waals surface area contributed by atoms with Gasteiger partial charge in [-0.15, -0.1) is 0 Å². The van der Waals surface area contributed by atoms with Crippen molar-refractivity contribution in [3.05, 3.63) is 42.5 Å². The highest BCUT2D eigenvalue weighted by Gasteiger charge is 2.24. The van der Waals surface area contributed by atoms with Crippen LogP contribution in [-0.2, 0) is 14.4 Å². The lowest BCUT2D eigenvalue weighted by atomic mass is 10.1. The number of piperazine rings is 1. The predicted molar refractivity (Wildman–Crippen MR) is 99.5 cm³/mol. The van der Waals surface area contributed by atoms with E-state index in [1.807, 2.05) is 42.5 Å². The van der Waals surface area contributed by atoms with Crippen molar-refractivity contribution in [1.29, 1.82) is 0 Å². The van der Waals surface area contributed by atoms with E-state index in [0.717, 1.165) is 10.8 Å². The van der Waals surface area contributed by atoms with Crippen LogP contribution in [0, 0.1) is 0 Å². The number of benzene rings is 2. The summed E-state index contributed by atoms with van der Waals surface area (Å²) in [5, 5.41) is 10.8. The second-order valence-electron chi connectivity index (χ2n) is 6.45. The smallest absolute Gasteiger partial charge is 0.303 e. The van der Waals surface area contributed by atoms with Crippen LogP contribution in [0.5, 0.6) is 5.75 Å². The number of aliphatic carboxylic acids is 1. The number of carbonyl (C=O) groups excluding carboxylic acids is 2. The van der Waals surface area contributed by atoms with E-state index in [4.69, 9.17) is 9.84 Å². The Bertz CT molecular complexity index is 843. The fourth-order valence-corrected chi connectivity index (χ4v) is 3.07. The minimum atomic E-state index is -0.983. The third-order valence-electron chi connectivity index (χ3n) is 4.62. The normalized spacial score (nSPS) is 14.2.